The molecule has 0 N–H and O–H groups in total. The van der Waals surface area contributed by atoms with Crippen LogP contribution in [0.4, 0.5) is 0 Å². The fraction of sp³-hybridized carbons (Fsp3) is 0.440. The first-order valence-electron chi connectivity index (χ1n) is 10.7. The number of ether oxygens (including phenoxy) is 2. The molecule has 1 saturated heterocycles. The Bertz CT molecular complexity index is 957. The van der Waals surface area contributed by atoms with Gasteiger partial charge in [-0.05, 0) is 42.2 Å². The highest BCUT2D eigenvalue weighted by Crippen LogP contribution is 2.39. The van der Waals surface area contributed by atoms with E-state index in [4.69, 9.17) is 9.47 Å². The SMILES string of the molecule is Cc1ccc(C(C)C)c(OCC(=O)N2CCC3(CC2)CC(=O)c2ccccc2O3)c1. The Morgan fingerprint density at radius 1 is 1.17 bits per heavy atom. The molecular weight excluding hydrogens is 378 g/mol. The van der Waals surface area contributed by atoms with Gasteiger partial charge in [0.05, 0.1) is 12.0 Å². The number of rotatable bonds is 4. The lowest BCUT2D eigenvalue weighted by Crippen LogP contribution is -2.53. The maximum atomic E-state index is 12.8. The van der Waals surface area contributed by atoms with Crippen LogP contribution in [0.5, 0.6) is 11.5 Å². The molecule has 0 atom stereocenters. The number of aryl methyl sites for hydroxylation is 1. The first kappa shape index (κ1) is 20.5. The van der Waals surface area contributed by atoms with Gasteiger partial charge in [0.15, 0.2) is 12.4 Å². The number of amides is 1. The number of likely N-dealkylation sites (tertiary alicyclic amines) is 1. The summed E-state index contributed by atoms with van der Waals surface area (Å²) in [5.41, 5.74) is 2.39. The number of hydrogen-bond acceptors (Lipinski definition) is 4. The maximum Gasteiger partial charge on any atom is 0.260 e. The lowest BCUT2D eigenvalue weighted by Gasteiger charge is -2.43. The molecule has 2 aromatic rings. The lowest BCUT2D eigenvalue weighted by molar-refractivity contribution is -0.136. The van der Waals surface area contributed by atoms with Crippen molar-refractivity contribution in [2.24, 2.45) is 0 Å². The third kappa shape index (κ3) is 4.07. The highest BCUT2D eigenvalue weighted by molar-refractivity contribution is 6.00. The van der Waals surface area contributed by atoms with Crippen molar-refractivity contribution in [3.63, 3.8) is 0 Å². The second kappa shape index (κ2) is 8.13. The summed E-state index contributed by atoms with van der Waals surface area (Å²) in [6.45, 7) is 7.43. The van der Waals surface area contributed by atoms with Gasteiger partial charge in [-0.15, -0.1) is 0 Å². The number of piperidine rings is 1. The summed E-state index contributed by atoms with van der Waals surface area (Å²) >= 11 is 0. The van der Waals surface area contributed by atoms with Crippen LogP contribution >= 0.6 is 0 Å². The van der Waals surface area contributed by atoms with Crippen molar-refractivity contribution in [3.05, 3.63) is 59.2 Å². The van der Waals surface area contributed by atoms with Gasteiger partial charge in [0.25, 0.3) is 5.91 Å². The number of fused-ring (bicyclic) bond motifs is 1. The van der Waals surface area contributed by atoms with Gasteiger partial charge in [-0.1, -0.05) is 38.1 Å². The van der Waals surface area contributed by atoms with E-state index in [0.717, 1.165) is 16.9 Å². The highest BCUT2D eigenvalue weighted by Gasteiger charge is 2.43. The van der Waals surface area contributed by atoms with Crippen molar-refractivity contribution in [1.29, 1.82) is 0 Å². The van der Waals surface area contributed by atoms with Gasteiger partial charge >= 0.3 is 0 Å². The zero-order valence-electron chi connectivity index (χ0n) is 17.9. The number of ketones is 1. The van der Waals surface area contributed by atoms with Crippen LogP contribution in [-0.2, 0) is 4.79 Å². The number of Topliss-reactive ketones (excluding diaryl/α,β-unsaturated/α-hetero) is 1. The molecule has 158 valence electrons. The first-order chi connectivity index (χ1) is 14.4. The predicted octanol–water partition coefficient (Wildman–Crippen LogP) is 4.52. The molecule has 0 bridgehead atoms. The average Bonchev–Trinajstić information content (AvgIpc) is 2.72. The molecule has 0 radical (unpaired) electrons. The molecule has 4 rings (SSSR count). The molecule has 2 aliphatic rings. The van der Waals surface area contributed by atoms with Gasteiger partial charge in [-0.2, -0.15) is 0 Å². The Balaban J connectivity index is 1.37. The molecule has 1 amide bonds. The van der Waals surface area contributed by atoms with Gasteiger partial charge in [-0.25, -0.2) is 0 Å². The normalized spacial score (nSPS) is 17.6. The van der Waals surface area contributed by atoms with E-state index in [9.17, 15) is 9.59 Å². The topological polar surface area (TPSA) is 55.8 Å². The van der Waals surface area contributed by atoms with E-state index < -0.39 is 5.60 Å². The van der Waals surface area contributed by atoms with Crippen molar-refractivity contribution >= 4 is 11.7 Å². The molecule has 0 aromatic heterocycles. The molecule has 5 nitrogen and oxygen atoms in total. The molecule has 30 heavy (non-hydrogen) atoms. The molecule has 1 spiro atoms. The molecule has 2 heterocycles. The minimum Gasteiger partial charge on any atom is -0.486 e. The Hall–Kier alpha value is -2.82. The monoisotopic (exact) mass is 407 g/mol. The van der Waals surface area contributed by atoms with E-state index in [2.05, 4.69) is 26.0 Å². The standard InChI is InChI=1S/C25H29NO4/c1-17(2)19-9-8-18(3)14-23(19)29-16-24(28)26-12-10-25(11-13-26)15-21(27)20-6-4-5-7-22(20)30-25/h4-9,14,17H,10-13,15-16H2,1-3H3. The van der Waals surface area contributed by atoms with Crippen molar-refractivity contribution in [1.82, 2.24) is 4.90 Å². The Morgan fingerprint density at radius 3 is 2.63 bits per heavy atom. The predicted molar refractivity (Wildman–Crippen MR) is 115 cm³/mol. The lowest BCUT2D eigenvalue weighted by atomic mass is 9.82. The molecule has 0 saturated carbocycles. The first-order valence-corrected chi connectivity index (χ1v) is 10.7. The van der Waals surface area contributed by atoms with E-state index in [1.54, 1.807) is 0 Å². The van der Waals surface area contributed by atoms with Gasteiger partial charge in [0.1, 0.15) is 17.1 Å². The quantitative estimate of drug-likeness (QED) is 0.748. The summed E-state index contributed by atoms with van der Waals surface area (Å²) in [7, 11) is 0. The summed E-state index contributed by atoms with van der Waals surface area (Å²) in [5.74, 6) is 1.88. The van der Waals surface area contributed by atoms with Gasteiger partial charge < -0.3 is 14.4 Å². The van der Waals surface area contributed by atoms with Crippen molar-refractivity contribution in [3.8, 4) is 11.5 Å². The molecule has 2 aromatic carbocycles. The third-order valence-corrected chi connectivity index (χ3v) is 6.17. The summed E-state index contributed by atoms with van der Waals surface area (Å²) < 4.78 is 12.2. The second-order valence-corrected chi connectivity index (χ2v) is 8.75. The number of hydrogen-bond donors (Lipinski definition) is 0. The second-order valence-electron chi connectivity index (χ2n) is 8.75. The third-order valence-electron chi connectivity index (χ3n) is 6.17. The van der Waals surface area contributed by atoms with E-state index in [0.29, 0.717) is 49.6 Å². The van der Waals surface area contributed by atoms with Crippen LogP contribution in [0.1, 0.15) is 60.5 Å². The number of carbonyl (C=O) groups excluding carboxylic acids is 2. The summed E-state index contributed by atoms with van der Waals surface area (Å²) in [6.07, 6.45) is 1.69. The van der Waals surface area contributed by atoms with Crippen LogP contribution in [0.3, 0.4) is 0 Å². The molecule has 0 unspecified atom stereocenters. The van der Waals surface area contributed by atoms with Crippen LogP contribution in [0, 0.1) is 6.92 Å². The summed E-state index contributed by atoms with van der Waals surface area (Å²) in [6, 6.07) is 13.5. The molecule has 1 fully saturated rings. The van der Waals surface area contributed by atoms with Gasteiger partial charge in [-0.3, -0.25) is 9.59 Å². The summed E-state index contributed by atoms with van der Waals surface area (Å²) in [4.78, 5) is 27.2. The molecular formula is C25H29NO4. The van der Waals surface area contributed by atoms with E-state index in [1.807, 2.05) is 42.2 Å². The number of carbonyl (C=O) groups is 2. The van der Waals surface area contributed by atoms with Gasteiger partial charge in [0, 0.05) is 25.9 Å². The zero-order chi connectivity index (χ0) is 21.3. The molecule has 0 aliphatic carbocycles. The van der Waals surface area contributed by atoms with Crippen molar-refractivity contribution in [2.75, 3.05) is 19.7 Å². The number of benzene rings is 2. The van der Waals surface area contributed by atoms with Crippen LogP contribution in [0.25, 0.3) is 0 Å². The molecule has 2 aliphatic heterocycles. The van der Waals surface area contributed by atoms with Crippen LogP contribution in [-0.4, -0.2) is 41.9 Å². The van der Waals surface area contributed by atoms with Crippen molar-refractivity contribution < 1.29 is 19.1 Å². The zero-order valence-corrected chi connectivity index (χ0v) is 17.9. The molecule has 5 heteroatoms. The Labute approximate surface area is 178 Å². The van der Waals surface area contributed by atoms with Crippen LogP contribution in [0.2, 0.25) is 0 Å². The minimum absolute atomic E-state index is 0.0244. The van der Waals surface area contributed by atoms with Crippen molar-refractivity contribution in [2.45, 2.75) is 51.6 Å². The Kier molecular flexibility index (Phi) is 5.54. The van der Waals surface area contributed by atoms with E-state index >= 15 is 0 Å². The van der Waals surface area contributed by atoms with E-state index in [-0.39, 0.29) is 18.3 Å². The van der Waals surface area contributed by atoms with E-state index in [1.165, 1.54) is 0 Å². The highest BCUT2D eigenvalue weighted by atomic mass is 16.5. The Morgan fingerprint density at radius 2 is 1.90 bits per heavy atom. The summed E-state index contributed by atoms with van der Waals surface area (Å²) in [5, 5.41) is 0. The fourth-order valence-corrected chi connectivity index (χ4v) is 4.36. The minimum atomic E-state index is -0.496. The fourth-order valence-electron chi connectivity index (χ4n) is 4.36. The largest absolute Gasteiger partial charge is 0.486 e. The number of para-hydroxylation sites is 1. The van der Waals surface area contributed by atoms with Gasteiger partial charge in [0.2, 0.25) is 0 Å². The number of nitrogens with zero attached hydrogens (tertiary/aromatic N) is 1. The van der Waals surface area contributed by atoms with Crippen LogP contribution < -0.4 is 9.47 Å². The van der Waals surface area contributed by atoms with Crippen LogP contribution in [0.15, 0.2) is 42.5 Å². The average molecular weight is 408 g/mol. The maximum absolute atomic E-state index is 12.8. The smallest absolute Gasteiger partial charge is 0.260 e.